The number of benzene rings is 2. The van der Waals surface area contributed by atoms with E-state index >= 15 is 0 Å². The summed E-state index contributed by atoms with van der Waals surface area (Å²) >= 11 is 13.6. The SMILES string of the molecule is CCCCNC(=O)C(CC)N(Cc1ccc(Cl)cc1)C(=O)CSCc1cccc(Cl)c1. The Balaban J connectivity index is 2.09. The van der Waals surface area contributed by atoms with E-state index in [9.17, 15) is 9.59 Å². The molecule has 0 heterocycles. The van der Waals surface area contributed by atoms with Crippen molar-refractivity contribution >= 4 is 46.8 Å². The first-order chi connectivity index (χ1) is 14.9. The fourth-order valence-electron chi connectivity index (χ4n) is 3.18. The number of hydrogen-bond acceptors (Lipinski definition) is 3. The second-order valence-electron chi connectivity index (χ2n) is 7.34. The van der Waals surface area contributed by atoms with Crippen LogP contribution in [0.25, 0.3) is 0 Å². The highest BCUT2D eigenvalue weighted by atomic mass is 35.5. The number of hydrogen-bond donors (Lipinski definition) is 1. The number of amides is 2. The quantitative estimate of drug-likeness (QED) is 0.381. The lowest BCUT2D eigenvalue weighted by molar-refractivity contribution is -0.139. The van der Waals surface area contributed by atoms with Crippen LogP contribution in [0.4, 0.5) is 0 Å². The lowest BCUT2D eigenvalue weighted by atomic mass is 10.1. The molecule has 7 heteroatoms. The monoisotopic (exact) mass is 480 g/mol. The first-order valence-electron chi connectivity index (χ1n) is 10.6. The Morgan fingerprint density at radius 3 is 2.42 bits per heavy atom. The topological polar surface area (TPSA) is 49.4 Å². The summed E-state index contributed by atoms with van der Waals surface area (Å²) < 4.78 is 0. The lowest BCUT2D eigenvalue weighted by Crippen LogP contribution is -2.49. The summed E-state index contributed by atoms with van der Waals surface area (Å²) in [5, 5.41) is 4.30. The summed E-state index contributed by atoms with van der Waals surface area (Å²) in [6.45, 7) is 5.01. The van der Waals surface area contributed by atoms with Gasteiger partial charge in [-0.2, -0.15) is 0 Å². The molecule has 0 aliphatic rings. The first kappa shape index (κ1) is 25.6. The van der Waals surface area contributed by atoms with Crippen LogP contribution in [0.5, 0.6) is 0 Å². The summed E-state index contributed by atoms with van der Waals surface area (Å²) in [4.78, 5) is 27.7. The van der Waals surface area contributed by atoms with Crippen molar-refractivity contribution in [1.82, 2.24) is 10.2 Å². The lowest BCUT2D eigenvalue weighted by Gasteiger charge is -2.30. The van der Waals surface area contributed by atoms with Crippen LogP contribution in [-0.4, -0.2) is 35.1 Å². The maximum atomic E-state index is 13.2. The minimum absolute atomic E-state index is 0.0560. The Morgan fingerprint density at radius 2 is 1.77 bits per heavy atom. The normalized spacial score (nSPS) is 11.7. The Kier molecular flexibility index (Phi) is 11.3. The molecule has 0 spiro atoms. The van der Waals surface area contributed by atoms with Crippen LogP contribution in [0, 0.1) is 0 Å². The predicted molar refractivity (Wildman–Crippen MR) is 132 cm³/mol. The van der Waals surface area contributed by atoms with Crippen molar-refractivity contribution < 1.29 is 9.59 Å². The van der Waals surface area contributed by atoms with E-state index in [0.29, 0.717) is 41.1 Å². The molecule has 2 rings (SSSR count). The maximum Gasteiger partial charge on any atom is 0.242 e. The molecule has 168 valence electrons. The summed E-state index contributed by atoms with van der Waals surface area (Å²) in [5.74, 6) is 0.817. The fourth-order valence-corrected chi connectivity index (χ4v) is 4.37. The molecule has 1 atom stereocenters. The maximum absolute atomic E-state index is 13.2. The van der Waals surface area contributed by atoms with Gasteiger partial charge in [0.05, 0.1) is 5.75 Å². The highest BCUT2D eigenvalue weighted by Crippen LogP contribution is 2.20. The van der Waals surface area contributed by atoms with Crippen molar-refractivity contribution in [2.75, 3.05) is 12.3 Å². The number of rotatable bonds is 12. The molecule has 0 aliphatic carbocycles. The molecular formula is C24H30Cl2N2O2S. The second-order valence-corrected chi connectivity index (χ2v) is 9.20. The van der Waals surface area contributed by atoms with Crippen LogP contribution in [0.15, 0.2) is 48.5 Å². The van der Waals surface area contributed by atoms with Crippen molar-refractivity contribution in [3.05, 3.63) is 69.7 Å². The Bertz CT molecular complexity index is 846. The van der Waals surface area contributed by atoms with Crippen LogP contribution in [0.1, 0.15) is 44.2 Å². The van der Waals surface area contributed by atoms with Crippen molar-refractivity contribution in [2.45, 2.75) is 51.4 Å². The van der Waals surface area contributed by atoms with Crippen molar-refractivity contribution in [1.29, 1.82) is 0 Å². The molecular weight excluding hydrogens is 451 g/mol. The van der Waals surface area contributed by atoms with Crippen LogP contribution < -0.4 is 5.32 Å². The van der Waals surface area contributed by atoms with Gasteiger partial charge in [0.2, 0.25) is 11.8 Å². The molecule has 0 bridgehead atoms. The van der Waals surface area contributed by atoms with E-state index in [-0.39, 0.29) is 11.8 Å². The Labute approximate surface area is 199 Å². The molecule has 0 saturated carbocycles. The molecule has 1 unspecified atom stereocenters. The zero-order valence-corrected chi connectivity index (χ0v) is 20.4. The van der Waals surface area contributed by atoms with Crippen molar-refractivity contribution in [3.8, 4) is 0 Å². The second kappa shape index (κ2) is 13.7. The first-order valence-corrected chi connectivity index (χ1v) is 12.5. The minimum atomic E-state index is -0.508. The van der Waals surface area contributed by atoms with Gasteiger partial charge in [-0.15, -0.1) is 11.8 Å². The average molecular weight is 481 g/mol. The number of nitrogens with one attached hydrogen (secondary N) is 1. The van der Waals surface area contributed by atoms with Gasteiger partial charge in [0.25, 0.3) is 0 Å². The van der Waals surface area contributed by atoms with Crippen LogP contribution >= 0.6 is 35.0 Å². The third-order valence-electron chi connectivity index (χ3n) is 4.86. The Hall–Kier alpha value is -1.69. The van der Waals surface area contributed by atoms with Gasteiger partial charge >= 0.3 is 0 Å². The molecule has 1 N–H and O–H groups in total. The van der Waals surface area contributed by atoms with Gasteiger partial charge in [-0.1, -0.05) is 67.7 Å². The van der Waals surface area contributed by atoms with E-state index < -0.39 is 6.04 Å². The average Bonchev–Trinajstić information content (AvgIpc) is 2.75. The smallest absolute Gasteiger partial charge is 0.242 e. The van der Waals surface area contributed by atoms with Gasteiger partial charge in [0.1, 0.15) is 6.04 Å². The molecule has 0 saturated heterocycles. The summed E-state index contributed by atoms with van der Waals surface area (Å²) in [6.07, 6.45) is 2.48. The molecule has 0 aliphatic heterocycles. The molecule has 0 aromatic heterocycles. The standard InChI is InChI=1S/C24H30Cl2N2O2S/c1-3-5-13-27-24(30)22(4-2)28(15-18-9-11-20(25)12-10-18)23(29)17-31-16-19-7-6-8-21(26)14-19/h6-12,14,22H,3-5,13,15-17H2,1-2H3,(H,27,30). The number of unbranched alkanes of at least 4 members (excludes halogenated alkanes) is 1. The molecule has 2 amide bonds. The van der Waals surface area contributed by atoms with E-state index in [1.165, 1.54) is 11.8 Å². The van der Waals surface area contributed by atoms with E-state index in [4.69, 9.17) is 23.2 Å². The number of halogens is 2. The third-order valence-corrected chi connectivity index (χ3v) is 6.34. The molecule has 2 aromatic rings. The zero-order chi connectivity index (χ0) is 22.6. The van der Waals surface area contributed by atoms with Crippen LogP contribution in [-0.2, 0) is 21.9 Å². The van der Waals surface area contributed by atoms with Crippen LogP contribution in [0.2, 0.25) is 10.0 Å². The molecule has 2 aromatic carbocycles. The number of thioether (sulfide) groups is 1. The largest absolute Gasteiger partial charge is 0.354 e. The van der Waals surface area contributed by atoms with Gasteiger partial charge in [-0.05, 0) is 48.2 Å². The molecule has 4 nitrogen and oxygen atoms in total. The molecule has 31 heavy (non-hydrogen) atoms. The predicted octanol–water partition coefficient (Wildman–Crippen LogP) is 5.95. The molecule has 0 fully saturated rings. The van der Waals surface area contributed by atoms with Gasteiger partial charge in [-0.3, -0.25) is 9.59 Å². The van der Waals surface area contributed by atoms with E-state index in [1.54, 1.807) is 17.0 Å². The fraction of sp³-hybridized carbons (Fsp3) is 0.417. The highest BCUT2D eigenvalue weighted by Gasteiger charge is 2.28. The van der Waals surface area contributed by atoms with Gasteiger partial charge in [-0.25, -0.2) is 0 Å². The van der Waals surface area contributed by atoms with Crippen LogP contribution in [0.3, 0.4) is 0 Å². The number of nitrogens with zero attached hydrogens (tertiary/aromatic N) is 1. The minimum Gasteiger partial charge on any atom is -0.354 e. The van der Waals surface area contributed by atoms with Gasteiger partial charge in [0, 0.05) is 28.9 Å². The third kappa shape index (κ3) is 8.76. The van der Waals surface area contributed by atoms with E-state index in [2.05, 4.69) is 12.2 Å². The number of carbonyl (C=O) groups excluding carboxylic acids is 2. The summed E-state index contributed by atoms with van der Waals surface area (Å²) in [5.41, 5.74) is 2.01. The van der Waals surface area contributed by atoms with Gasteiger partial charge < -0.3 is 10.2 Å². The molecule has 0 radical (unpaired) electrons. The van der Waals surface area contributed by atoms with Crippen molar-refractivity contribution in [2.24, 2.45) is 0 Å². The van der Waals surface area contributed by atoms with Crippen molar-refractivity contribution in [3.63, 3.8) is 0 Å². The Morgan fingerprint density at radius 1 is 1.03 bits per heavy atom. The van der Waals surface area contributed by atoms with E-state index in [0.717, 1.165) is 24.0 Å². The van der Waals surface area contributed by atoms with E-state index in [1.807, 2.05) is 43.3 Å². The van der Waals surface area contributed by atoms with Gasteiger partial charge in [0.15, 0.2) is 0 Å². The summed E-state index contributed by atoms with van der Waals surface area (Å²) in [7, 11) is 0. The number of carbonyl (C=O) groups is 2. The highest BCUT2D eigenvalue weighted by molar-refractivity contribution is 7.99. The zero-order valence-electron chi connectivity index (χ0n) is 18.1. The summed E-state index contributed by atoms with van der Waals surface area (Å²) in [6, 6.07) is 14.5.